The van der Waals surface area contributed by atoms with Crippen LogP contribution in [0.15, 0.2) is 66.7 Å². The zero-order valence-electron chi connectivity index (χ0n) is 13.8. The summed E-state index contributed by atoms with van der Waals surface area (Å²) >= 11 is 18.0. The van der Waals surface area contributed by atoms with Crippen molar-refractivity contribution in [1.29, 1.82) is 0 Å². The minimum atomic E-state index is -0.338. The van der Waals surface area contributed by atoms with Crippen LogP contribution in [0.1, 0.15) is 20.7 Å². The summed E-state index contributed by atoms with van der Waals surface area (Å²) in [6.07, 6.45) is 0. The van der Waals surface area contributed by atoms with Crippen LogP contribution in [0.25, 0.3) is 0 Å². The van der Waals surface area contributed by atoms with E-state index in [9.17, 15) is 9.59 Å². The summed E-state index contributed by atoms with van der Waals surface area (Å²) in [6.45, 7) is 0. The molecule has 2 amide bonds. The van der Waals surface area contributed by atoms with Crippen LogP contribution >= 0.6 is 34.8 Å². The summed E-state index contributed by atoms with van der Waals surface area (Å²) < 4.78 is 0. The first-order chi connectivity index (χ1) is 12.9. The Morgan fingerprint density at radius 1 is 0.667 bits per heavy atom. The maximum Gasteiger partial charge on any atom is 0.255 e. The van der Waals surface area contributed by atoms with Crippen molar-refractivity contribution in [3.05, 3.63) is 92.9 Å². The molecule has 0 bridgehead atoms. The highest BCUT2D eigenvalue weighted by Gasteiger charge is 2.11. The first-order valence-electron chi connectivity index (χ1n) is 7.86. The van der Waals surface area contributed by atoms with Gasteiger partial charge in [0.1, 0.15) is 0 Å². The normalized spacial score (nSPS) is 10.3. The van der Waals surface area contributed by atoms with Gasteiger partial charge in [-0.05, 0) is 54.6 Å². The zero-order valence-corrected chi connectivity index (χ0v) is 16.1. The molecule has 0 saturated heterocycles. The van der Waals surface area contributed by atoms with Crippen LogP contribution in [-0.4, -0.2) is 11.8 Å². The zero-order chi connectivity index (χ0) is 19.4. The Morgan fingerprint density at radius 2 is 1.22 bits per heavy atom. The third kappa shape index (κ3) is 5.01. The first-order valence-corrected chi connectivity index (χ1v) is 8.99. The number of amides is 2. The average molecular weight is 420 g/mol. The molecule has 0 aliphatic heterocycles. The van der Waals surface area contributed by atoms with Crippen LogP contribution < -0.4 is 10.6 Å². The number of benzene rings is 3. The topological polar surface area (TPSA) is 58.2 Å². The van der Waals surface area contributed by atoms with Gasteiger partial charge in [0.25, 0.3) is 11.8 Å². The lowest BCUT2D eigenvalue weighted by Gasteiger charge is -2.10. The number of carbonyl (C=O) groups is 2. The van der Waals surface area contributed by atoms with E-state index in [-0.39, 0.29) is 16.8 Å². The molecule has 0 heterocycles. The molecule has 0 fully saturated rings. The van der Waals surface area contributed by atoms with Gasteiger partial charge >= 0.3 is 0 Å². The maximum atomic E-state index is 12.3. The summed E-state index contributed by atoms with van der Waals surface area (Å²) in [5.74, 6) is -0.653. The summed E-state index contributed by atoms with van der Waals surface area (Å²) in [5, 5.41) is 6.67. The molecule has 3 aromatic rings. The number of carbonyl (C=O) groups excluding carboxylic acids is 2. The van der Waals surface area contributed by atoms with Gasteiger partial charge in [-0.25, -0.2) is 0 Å². The smallest absolute Gasteiger partial charge is 0.255 e. The number of rotatable bonds is 4. The lowest BCUT2D eigenvalue weighted by Crippen LogP contribution is -2.13. The van der Waals surface area contributed by atoms with E-state index in [4.69, 9.17) is 34.8 Å². The highest BCUT2D eigenvalue weighted by Crippen LogP contribution is 2.27. The summed E-state index contributed by atoms with van der Waals surface area (Å²) in [5.41, 5.74) is 1.75. The van der Waals surface area contributed by atoms with Gasteiger partial charge in [0.05, 0.1) is 10.7 Å². The Hall–Kier alpha value is -2.53. The second-order valence-electron chi connectivity index (χ2n) is 5.62. The van der Waals surface area contributed by atoms with E-state index in [2.05, 4.69) is 10.6 Å². The van der Waals surface area contributed by atoms with Gasteiger partial charge < -0.3 is 10.6 Å². The van der Waals surface area contributed by atoms with E-state index in [0.29, 0.717) is 32.5 Å². The van der Waals surface area contributed by atoms with Crippen LogP contribution in [-0.2, 0) is 0 Å². The van der Waals surface area contributed by atoms with Crippen molar-refractivity contribution in [2.24, 2.45) is 0 Å². The Morgan fingerprint density at radius 3 is 1.74 bits per heavy atom. The second kappa shape index (κ2) is 8.44. The minimum Gasteiger partial charge on any atom is -0.322 e. The third-order valence-corrected chi connectivity index (χ3v) is 4.43. The van der Waals surface area contributed by atoms with Crippen LogP contribution in [0.5, 0.6) is 0 Å². The molecular formula is C20H13Cl3N2O2. The number of anilines is 2. The van der Waals surface area contributed by atoms with Crippen LogP contribution in [0.2, 0.25) is 15.1 Å². The maximum absolute atomic E-state index is 12.3. The van der Waals surface area contributed by atoms with Crippen molar-refractivity contribution in [1.82, 2.24) is 0 Å². The van der Waals surface area contributed by atoms with Gasteiger partial charge in [-0.1, -0.05) is 46.9 Å². The SMILES string of the molecule is O=C(Nc1ccc(NC(=O)c2cccc(Cl)c2)c(Cl)c1)c1cccc(Cl)c1. The molecule has 0 aliphatic rings. The van der Waals surface area contributed by atoms with Crippen molar-refractivity contribution in [2.45, 2.75) is 0 Å². The second-order valence-corrected chi connectivity index (χ2v) is 6.90. The molecule has 0 radical (unpaired) electrons. The fourth-order valence-electron chi connectivity index (χ4n) is 2.35. The first kappa shape index (κ1) is 19.2. The van der Waals surface area contributed by atoms with Crippen LogP contribution in [0.3, 0.4) is 0 Å². The van der Waals surface area contributed by atoms with E-state index >= 15 is 0 Å². The van der Waals surface area contributed by atoms with Gasteiger partial charge in [0.15, 0.2) is 0 Å². The average Bonchev–Trinajstić information content (AvgIpc) is 2.64. The molecule has 0 aromatic heterocycles. The predicted molar refractivity (Wildman–Crippen MR) is 110 cm³/mol. The monoisotopic (exact) mass is 418 g/mol. The van der Waals surface area contributed by atoms with Crippen molar-refractivity contribution < 1.29 is 9.59 Å². The van der Waals surface area contributed by atoms with Gasteiger partial charge in [-0.3, -0.25) is 9.59 Å². The number of nitrogens with one attached hydrogen (secondary N) is 2. The molecule has 7 heteroatoms. The van der Waals surface area contributed by atoms with E-state index < -0.39 is 0 Å². The van der Waals surface area contributed by atoms with Gasteiger partial charge in [-0.15, -0.1) is 0 Å². The fourth-order valence-corrected chi connectivity index (χ4v) is 2.96. The molecule has 27 heavy (non-hydrogen) atoms. The van der Waals surface area contributed by atoms with E-state index in [1.165, 1.54) is 0 Å². The van der Waals surface area contributed by atoms with Crippen molar-refractivity contribution in [3.8, 4) is 0 Å². The molecule has 0 unspecified atom stereocenters. The Balaban J connectivity index is 1.72. The Bertz CT molecular complexity index is 1020. The molecule has 3 aromatic carbocycles. The molecule has 0 aliphatic carbocycles. The van der Waals surface area contributed by atoms with Gasteiger partial charge in [0, 0.05) is 26.9 Å². The largest absolute Gasteiger partial charge is 0.322 e. The molecule has 2 N–H and O–H groups in total. The van der Waals surface area contributed by atoms with Crippen LogP contribution in [0, 0.1) is 0 Å². The highest BCUT2D eigenvalue weighted by atomic mass is 35.5. The van der Waals surface area contributed by atoms with Crippen molar-refractivity contribution in [2.75, 3.05) is 10.6 Å². The number of hydrogen-bond donors (Lipinski definition) is 2. The van der Waals surface area contributed by atoms with Crippen LogP contribution in [0.4, 0.5) is 11.4 Å². The van der Waals surface area contributed by atoms with E-state index in [0.717, 1.165) is 0 Å². The standard InChI is InChI=1S/C20H13Cl3N2O2/c21-14-5-1-3-12(9-14)19(26)24-16-7-8-18(17(23)11-16)25-20(27)13-4-2-6-15(22)10-13/h1-11H,(H,24,26)(H,25,27). The lowest BCUT2D eigenvalue weighted by atomic mass is 10.2. The molecule has 0 saturated carbocycles. The van der Waals surface area contributed by atoms with Crippen molar-refractivity contribution in [3.63, 3.8) is 0 Å². The lowest BCUT2D eigenvalue weighted by molar-refractivity contribution is 0.101. The number of hydrogen-bond acceptors (Lipinski definition) is 2. The fraction of sp³-hybridized carbons (Fsp3) is 0. The molecule has 0 atom stereocenters. The van der Waals surface area contributed by atoms with Crippen molar-refractivity contribution >= 4 is 58.0 Å². The Kier molecular flexibility index (Phi) is 6.01. The van der Waals surface area contributed by atoms with E-state index in [1.54, 1.807) is 66.7 Å². The molecule has 136 valence electrons. The predicted octanol–water partition coefficient (Wildman–Crippen LogP) is 6.15. The quantitative estimate of drug-likeness (QED) is 0.533. The summed E-state index contributed by atoms with van der Waals surface area (Å²) in [7, 11) is 0. The van der Waals surface area contributed by atoms with E-state index in [1.807, 2.05) is 0 Å². The molecule has 3 rings (SSSR count). The highest BCUT2D eigenvalue weighted by molar-refractivity contribution is 6.34. The summed E-state index contributed by atoms with van der Waals surface area (Å²) in [4.78, 5) is 24.5. The molecular weight excluding hydrogens is 407 g/mol. The number of halogens is 3. The minimum absolute atomic E-state index is 0.286. The Labute approximate surface area is 171 Å². The van der Waals surface area contributed by atoms with Gasteiger partial charge in [0.2, 0.25) is 0 Å². The third-order valence-electron chi connectivity index (χ3n) is 3.65. The van der Waals surface area contributed by atoms with Gasteiger partial charge in [-0.2, -0.15) is 0 Å². The summed E-state index contributed by atoms with van der Waals surface area (Å²) in [6, 6.07) is 18.0. The molecule has 0 spiro atoms. The molecule has 4 nitrogen and oxygen atoms in total.